The molecule has 13 heavy (non-hydrogen) atoms. The molecule has 0 amide bonds. The zero-order chi connectivity index (χ0) is 9.90. The lowest BCUT2D eigenvalue weighted by Crippen LogP contribution is -2.42. The van der Waals surface area contributed by atoms with Crippen molar-refractivity contribution >= 4 is 0 Å². The molecule has 0 aromatic rings. The molecule has 0 aromatic heterocycles. The molecule has 1 rings (SSSR count). The second-order valence-electron chi connectivity index (χ2n) is 5.42. The molecule has 1 N–H and O–H groups in total. The minimum Gasteiger partial charge on any atom is -0.258 e. The van der Waals surface area contributed by atoms with E-state index in [1.165, 1.54) is 32.4 Å². The van der Waals surface area contributed by atoms with Gasteiger partial charge < -0.3 is 0 Å². The van der Waals surface area contributed by atoms with Crippen LogP contribution in [0.25, 0.3) is 0 Å². The maximum absolute atomic E-state index is 3.22. The van der Waals surface area contributed by atoms with Gasteiger partial charge in [-0.05, 0) is 37.6 Å². The van der Waals surface area contributed by atoms with Crippen molar-refractivity contribution < 1.29 is 0 Å². The van der Waals surface area contributed by atoms with Crippen molar-refractivity contribution in [3.05, 3.63) is 0 Å². The van der Waals surface area contributed by atoms with Crippen molar-refractivity contribution in [1.82, 2.24) is 10.4 Å². The summed E-state index contributed by atoms with van der Waals surface area (Å²) in [5.74, 6) is 0.949. The molecule has 0 atom stereocenters. The minimum absolute atomic E-state index is 0.506. The number of rotatable bonds is 2. The number of nitrogens with zero attached hydrogens (tertiary/aromatic N) is 1. The molecule has 0 radical (unpaired) electrons. The summed E-state index contributed by atoms with van der Waals surface area (Å²) < 4.78 is 0. The van der Waals surface area contributed by atoms with Crippen LogP contribution in [0.3, 0.4) is 0 Å². The molecule has 0 spiro atoms. The molecule has 0 saturated carbocycles. The Bertz CT molecular complexity index is 141. The van der Waals surface area contributed by atoms with Crippen LogP contribution in [0.4, 0.5) is 0 Å². The normalized spacial score (nSPS) is 22.2. The minimum atomic E-state index is 0.506. The van der Waals surface area contributed by atoms with Gasteiger partial charge in [0, 0.05) is 13.1 Å². The predicted molar refractivity (Wildman–Crippen MR) is 57.4 cm³/mol. The van der Waals surface area contributed by atoms with Crippen LogP contribution in [0.5, 0.6) is 0 Å². The zero-order valence-electron chi connectivity index (χ0n) is 9.56. The zero-order valence-corrected chi connectivity index (χ0v) is 9.56. The SMILES string of the molecule is CNN1CCC(CC(C)(C)C)CC1. The van der Waals surface area contributed by atoms with Crippen LogP contribution < -0.4 is 5.43 Å². The second-order valence-corrected chi connectivity index (χ2v) is 5.42. The van der Waals surface area contributed by atoms with Gasteiger partial charge in [-0.2, -0.15) is 0 Å². The van der Waals surface area contributed by atoms with E-state index in [0.717, 1.165) is 5.92 Å². The van der Waals surface area contributed by atoms with Crippen molar-refractivity contribution in [2.75, 3.05) is 20.1 Å². The van der Waals surface area contributed by atoms with Crippen LogP contribution in [-0.2, 0) is 0 Å². The van der Waals surface area contributed by atoms with Gasteiger partial charge in [-0.15, -0.1) is 0 Å². The van der Waals surface area contributed by atoms with Crippen molar-refractivity contribution in [3.8, 4) is 0 Å². The van der Waals surface area contributed by atoms with E-state index in [9.17, 15) is 0 Å². The standard InChI is InChI=1S/C11H24N2/c1-11(2,3)9-10-5-7-13(12-4)8-6-10/h10,12H,5-9H2,1-4H3. The Morgan fingerprint density at radius 2 is 1.77 bits per heavy atom. The van der Waals surface area contributed by atoms with Crippen LogP contribution >= 0.6 is 0 Å². The fraction of sp³-hybridized carbons (Fsp3) is 1.00. The summed E-state index contributed by atoms with van der Waals surface area (Å²) >= 11 is 0. The van der Waals surface area contributed by atoms with Gasteiger partial charge in [0.25, 0.3) is 0 Å². The summed E-state index contributed by atoms with van der Waals surface area (Å²) in [5, 5.41) is 2.32. The highest BCUT2D eigenvalue weighted by Crippen LogP contribution is 2.30. The predicted octanol–water partition coefficient (Wildman–Crippen LogP) is 2.27. The van der Waals surface area contributed by atoms with E-state index < -0.39 is 0 Å². The Hall–Kier alpha value is -0.0800. The molecule has 1 heterocycles. The second kappa shape index (κ2) is 4.43. The summed E-state index contributed by atoms with van der Waals surface area (Å²) in [7, 11) is 2.02. The van der Waals surface area contributed by atoms with Crippen LogP contribution in [0.1, 0.15) is 40.0 Å². The molecule has 1 aliphatic heterocycles. The molecule has 0 aromatic carbocycles. The molecule has 2 heteroatoms. The fourth-order valence-corrected chi connectivity index (χ4v) is 2.23. The van der Waals surface area contributed by atoms with Crippen molar-refractivity contribution in [2.45, 2.75) is 40.0 Å². The summed E-state index contributed by atoms with van der Waals surface area (Å²) in [6.07, 6.45) is 4.10. The first-order valence-electron chi connectivity index (χ1n) is 5.43. The molecule has 0 aliphatic carbocycles. The molecular formula is C11H24N2. The molecule has 0 bridgehead atoms. The molecule has 1 aliphatic rings. The van der Waals surface area contributed by atoms with Gasteiger partial charge in [-0.25, -0.2) is 5.01 Å². The van der Waals surface area contributed by atoms with Crippen LogP contribution in [-0.4, -0.2) is 25.1 Å². The number of hydrogen-bond donors (Lipinski definition) is 1. The first kappa shape index (κ1) is 11.0. The van der Waals surface area contributed by atoms with Gasteiger partial charge in [-0.3, -0.25) is 5.43 Å². The Morgan fingerprint density at radius 3 is 2.15 bits per heavy atom. The molecule has 2 nitrogen and oxygen atoms in total. The van der Waals surface area contributed by atoms with E-state index >= 15 is 0 Å². The number of hydrazine groups is 1. The van der Waals surface area contributed by atoms with Gasteiger partial charge in [0.05, 0.1) is 0 Å². The van der Waals surface area contributed by atoms with Crippen LogP contribution in [0, 0.1) is 11.3 Å². The van der Waals surface area contributed by atoms with E-state index in [4.69, 9.17) is 0 Å². The third-order valence-corrected chi connectivity index (χ3v) is 2.83. The highest BCUT2D eigenvalue weighted by Gasteiger charge is 2.22. The Kier molecular flexibility index (Phi) is 3.74. The highest BCUT2D eigenvalue weighted by atomic mass is 15.5. The molecule has 1 fully saturated rings. The lowest BCUT2D eigenvalue weighted by Gasteiger charge is -2.34. The van der Waals surface area contributed by atoms with Gasteiger partial charge in [-0.1, -0.05) is 20.8 Å². The number of nitrogens with one attached hydrogen (secondary N) is 1. The average Bonchev–Trinajstić information content (AvgIpc) is 2.03. The summed E-state index contributed by atoms with van der Waals surface area (Å²) in [6, 6.07) is 0. The average molecular weight is 184 g/mol. The largest absolute Gasteiger partial charge is 0.258 e. The monoisotopic (exact) mass is 184 g/mol. The quantitative estimate of drug-likeness (QED) is 0.708. The van der Waals surface area contributed by atoms with Crippen molar-refractivity contribution in [1.29, 1.82) is 0 Å². The first-order valence-corrected chi connectivity index (χ1v) is 5.43. The van der Waals surface area contributed by atoms with E-state index in [1.54, 1.807) is 0 Å². The Morgan fingerprint density at radius 1 is 1.23 bits per heavy atom. The topological polar surface area (TPSA) is 15.3 Å². The molecular weight excluding hydrogens is 160 g/mol. The van der Waals surface area contributed by atoms with E-state index in [-0.39, 0.29) is 0 Å². The van der Waals surface area contributed by atoms with Gasteiger partial charge in [0.1, 0.15) is 0 Å². The Balaban J connectivity index is 2.25. The fourth-order valence-electron chi connectivity index (χ4n) is 2.23. The van der Waals surface area contributed by atoms with Gasteiger partial charge >= 0.3 is 0 Å². The molecule has 0 unspecified atom stereocenters. The van der Waals surface area contributed by atoms with Gasteiger partial charge in [0.15, 0.2) is 0 Å². The smallest absolute Gasteiger partial charge is 0.0133 e. The lowest BCUT2D eigenvalue weighted by atomic mass is 9.81. The summed E-state index contributed by atoms with van der Waals surface area (Å²) in [5.41, 5.74) is 3.73. The van der Waals surface area contributed by atoms with E-state index in [2.05, 4.69) is 31.2 Å². The van der Waals surface area contributed by atoms with Crippen LogP contribution in [0.2, 0.25) is 0 Å². The maximum atomic E-state index is 3.22. The van der Waals surface area contributed by atoms with E-state index in [0.29, 0.717) is 5.41 Å². The first-order chi connectivity index (χ1) is 6.01. The van der Waals surface area contributed by atoms with Gasteiger partial charge in [0.2, 0.25) is 0 Å². The van der Waals surface area contributed by atoms with Crippen molar-refractivity contribution in [3.63, 3.8) is 0 Å². The third kappa shape index (κ3) is 4.10. The molecule has 78 valence electrons. The summed E-state index contributed by atoms with van der Waals surface area (Å²) in [4.78, 5) is 0. The number of hydrogen-bond acceptors (Lipinski definition) is 2. The lowest BCUT2D eigenvalue weighted by molar-refractivity contribution is 0.117. The summed E-state index contributed by atoms with van der Waals surface area (Å²) in [6.45, 7) is 9.47. The Labute approximate surface area is 82.7 Å². The maximum Gasteiger partial charge on any atom is 0.0133 e. The number of piperidine rings is 1. The third-order valence-electron chi connectivity index (χ3n) is 2.83. The van der Waals surface area contributed by atoms with Crippen molar-refractivity contribution in [2.24, 2.45) is 11.3 Å². The highest BCUT2D eigenvalue weighted by molar-refractivity contribution is 4.74. The molecule has 1 saturated heterocycles. The van der Waals surface area contributed by atoms with Crippen LogP contribution in [0.15, 0.2) is 0 Å². The van der Waals surface area contributed by atoms with E-state index in [1.807, 2.05) is 7.05 Å².